The van der Waals surface area contributed by atoms with Crippen LogP contribution in [0.3, 0.4) is 0 Å². The van der Waals surface area contributed by atoms with Gasteiger partial charge in [-0.2, -0.15) is 0 Å². The Balaban J connectivity index is 1.56. The summed E-state index contributed by atoms with van der Waals surface area (Å²) in [6, 6.07) is 3.11. The van der Waals surface area contributed by atoms with Crippen molar-refractivity contribution in [3.63, 3.8) is 0 Å². The monoisotopic (exact) mass is 710 g/mol. The molecule has 5 unspecified atom stereocenters. The summed E-state index contributed by atoms with van der Waals surface area (Å²) in [5.41, 5.74) is -0.984. The SMILES string of the molecule is CC1CC2=C(C(=O)c3c(O)cc(O)c(-c4c5c(c(O)c6c(O[C@@H]7O[C@H](CO)[C@@H](O)[C@H](O)[C@H]7O)cc(O)cc46)C(C)OC(C)C5O)c3C2=O)C(C)O1. The maximum Gasteiger partial charge on any atom is 0.229 e. The highest BCUT2D eigenvalue weighted by molar-refractivity contribution is 6.31. The molecule has 9 N–H and O–H groups in total. The standard InChI is InChI=1S/C36H38O15/c1-10-5-16-21(11(2)48-10)32(44)26-18(40)8-17(39)25(28(26)30(16)42)24-15-6-14(38)7-19(50-36-35(47)34(46)31(43)20(9-37)51-36)23(15)33(45)22-12(3)49-13(4)29(41)27(22)24/h6-8,10-13,20,29,31,34-41,43,45-47H,5,9H2,1-4H3/t10?,11?,12?,13?,20-,29?,31-,34+,35-,36-/m1/s1. The predicted molar refractivity (Wildman–Crippen MR) is 175 cm³/mol. The van der Waals surface area contributed by atoms with Crippen LogP contribution >= 0.6 is 0 Å². The van der Waals surface area contributed by atoms with Crippen molar-refractivity contribution < 1.29 is 74.5 Å². The topological polar surface area (TPSA) is 253 Å². The number of aliphatic hydroxyl groups is 5. The maximum atomic E-state index is 14.5. The first kappa shape index (κ1) is 35.1. The van der Waals surface area contributed by atoms with Crippen molar-refractivity contribution in [2.24, 2.45) is 0 Å². The lowest BCUT2D eigenvalue weighted by Gasteiger charge is -2.40. The van der Waals surface area contributed by atoms with E-state index in [1.54, 1.807) is 27.7 Å². The number of fused-ring (bicyclic) bond motifs is 3. The number of aromatic hydroxyl groups is 4. The summed E-state index contributed by atoms with van der Waals surface area (Å²) in [4.78, 5) is 28.6. The largest absolute Gasteiger partial charge is 0.508 e. The molecule has 51 heavy (non-hydrogen) atoms. The molecule has 15 nitrogen and oxygen atoms in total. The average molecular weight is 711 g/mol. The molecule has 0 spiro atoms. The molecule has 3 aromatic carbocycles. The number of ketones is 2. The minimum atomic E-state index is -1.88. The smallest absolute Gasteiger partial charge is 0.229 e. The Morgan fingerprint density at radius 1 is 0.745 bits per heavy atom. The fraction of sp³-hybridized carbons (Fsp3) is 0.444. The van der Waals surface area contributed by atoms with Gasteiger partial charge in [-0.15, -0.1) is 0 Å². The van der Waals surface area contributed by atoms with Gasteiger partial charge in [0.1, 0.15) is 59.3 Å². The molecule has 0 aromatic heterocycles. The molecule has 1 fully saturated rings. The Bertz CT molecular complexity index is 2020. The van der Waals surface area contributed by atoms with Crippen molar-refractivity contribution >= 4 is 22.3 Å². The van der Waals surface area contributed by atoms with E-state index in [2.05, 4.69) is 0 Å². The lowest BCUT2D eigenvalue weighted by Crippen LogP contribution is -2.60. The number of benzene rings is 3. The summed E-state index contributed by atoms with van der Waals surface area (Å²) in [6.45, 7) is 5.73. The van der Waals surface area contributed by atoms with Gasteiger partial charge in [-0.1, -0.05) is 0 Å². The minimum Gasteiger partial charge on any atom is -0.508 e. The Morgan fingerprint density at radius 2 is 1.43 bits per heavy atom. The first-order valence-electron chi connectivity index (χ1n) is 16.5. The van der Waals surface area contributed by atoms with Crippen LogP contribution in [0.15, 0.2) is 29.3 Å². The number of aliphatic hydroxyl groups excluding tert-OH is 5. The quantitative estimate of drug-likeness (QED) is 0.187. The number of Topliss-reactive ketones (excluding diaryl/α,β-unsaturated/α-hetero) is 2. The van der Waals surface area contributed by atoms with Gasteiger partial charge in [0.05, 0.1) is 42.0 Å². The van der Waals surface area contributed by atoms with E-state index in [0.29, 0.717) is 0 Å². The van der Waals surface area contributed by atoms with E-state index >= 15 is 0 Å². The molecule has 3 heterocycles. The lowest BCUT2D eigenvalue weighted by molar-refractivity contribution is -0.277. The van der Waals surface area contributed by atoms with Crippen molar-refractivity contribution in [3.05, 3.63) is 51.6 Å². The Morgan fingerprint density at radius 3 is 2.12 bits per heavy atom. The van der Waals surface area contributed by atoms with Gasteiger partial charge in [-0.3, -0.25) is 9.59 Å². The van der Waals surface area contributed by atoms with E-state index in [-0.39, 0.29) is 61.9 Å². The molecule has 3 aromatic rings. The number of carbonyl (C=O) groups is 2. The van der Waals surface area contributed by atoms with E-state index in [0.717, 1.165) is 12.1 Å². The summed E-state index contributed by atoms with van der Waals surface area (Å²) in [7, 11) is 0. The first-order valence-corrected chi connectivity index (χ1v) is 16.5. The highest BCUT2D eigenvalue weighted by Crippen LogP contribution is 2.57. The molecule has 0 radical (unpaired) electrons. The van der Waals surface area contributed by atoms with Gasteiger partial charge in [0.15, 0.2) is 11.6 Å². The minimum absolute atomic E-state index is 0.00327. The van der Waals surface area contributed by atoms with Crippen LogP contribution in [0.1, 0.15) is 78.2 Å². The molecular weight excluding hydrogens is 672 g/mol. The normalized spacial score (nSPS) is 32.1. The van der Waals surface area contributed by atoms with Crippen molar-refractivity contribution in [2.45, 2.75) is 95.3 Å². The molecule has 0 saturated carbocycles. The van der Waals surface area contributed by atoms with E-state index in [4.69, 9.17) is 18.9 Å². The van der Waals surface area contributed by atoms with Gasteiger partial charge in [0, 0.05) is 62.9 Å². The van der Waals surface area contributed by atoms with Gasteiger partial charge in [0.2, 0.25) is 6.29 Å². The van der Waals surface area contributed by atoms with Crippen LogP contribution in [0.5, 0.6) is 28.7 Å². The van der Waals surface area contributed by atoms with Gasteiger partial charge in [-0.25, -0.2) is 0 Å². The van der Waals surface area contributed by atoms with Gasteiger partial charge in [0.25, 0.3) is 0 Å². The summed E-state index contributed by atoms with van der Waals surface area (Å²) in [5, 5.41) is 98.2. The number of phenolic OH excluding ortho intramolecular Hbond substituents is 4. The van der Waals surface area contributed by atoms with Crippen LogP contribution in [-0.2, 0) is 14.2 Å². The zero-order chi connectivity index (χ0) is 37.0. The van der Waals surface area contributed by atoms with Crippen molar-refractivity contribution in [3.8, 4) is 39.9 Å². The number of rotatable bonds is 4. The molecule has 7 rings (SSSR count). The van der Waals surface area contributed by atoms with E-state index < -0.39 is 108 Å². The molecule has 3 aliphatic heterocycles. The summed E-state index contributed by atoms with van der Waals surface area (Å²) in [6.07, 6.45) is -13.1. The maximum absolute atomic E-state index is 14.5. The van der Waals surface area contributed by atoms with Crippen molar-refractivity contribution in [1.29, 1.82) is 0 Å². The third-order valence-corrected chi connectivity index (χ3v) is 10.2. The van der Waals surface area contributed by atoms with Crippen molar-refractivity contribution in [1.82, 2.24) is 0 Å². The molecule has 15 heteroatoms. The molecule has 1 saturated heterocycles. The molecule has 1 aliphatic carbocycles. The predicted octanol–water partition coefficient (Wildman–Crippen LogP) is 1.89. The Labute approximate surface area is 290 Å². The molecule has 4 aliphatic rings. The van der Waals surface area contributed by atoms with Crippen LogP contribution in [0.4, 0.5) is 0 Å². The lowest BCUT2D eigenvalue weighted by atomic mass is 9.73. The molecule has 0 amide bonds. The zero-order valence-electron chi connectivity index (χ0n) is 27.9. The van der Waals surface area contributed by atoms with Gasteiger partial charge < -0.3 is 64.9 Å². The highest BCUT2D eigenvalue weighted by Gasteiger charge is 2.47. The Hall–Kier alpha value is -4.32. The molecule has 0 bridgehead atoms. The average Bonchev–Trinajstić information content (AvgIpc) is 3.05. The summed E-state index contributed by atoms with van der Waals surface area (Å²) in [5.74, 6) is -4.11. The second-order valence-electron chi connectivity index (χ2n) is 13.5. The summed E-state index contributed by atoms with van der Waals surface area (Å²) < 4.78 is 23.2. The molecule has 272 valence electrons. The Kier molecular flexibility index (Phi) is 8.55. The van der Waals surface area contributed by atoms with Crippen molar-refractivity contribution in [2.75, 3.05) is 6.61 Å². The second-order valence-corrected chi connectivity index (χ2v) is 13.5. The van der Waals surface area contributed by atoms with Crippen LogP contribution in [0.2, 0.25) is 0 Å². The van der Waals surface area contributed by atoms with Gasteiger partial charge in [-0.05, 0) is 33.8 Å². The van der Waals surface area contributed by atoms with Crippen LogP contribution in [-0.4, -0.2) is 113 Å². The molecular formula is C36H38O15. The number of hydrogen-bond acceptors (Lipinski definition) is 15. The zero-order valence-corrected chi connectivity index (χ0v) is 27.9. The highest BCUT2D eigenvalue weighted by atomic mass is 16.7. The number of hydrogen-bond donors (Lipinski definition) is 9. The number of phenols is 4. The van der Waals surface area contributed by atoms with E-state index in [1.165, 1.54) is 6.07 Å². The number of carbonyl (C=O) groups excluding carboxylic acids is 2. The van der Waals surface area contributed by atoms with Crippen LogP contribution in [0.25, 0.3) is 21.9 Å². The fourth-order valence-corrected chi connectivity index (χ4v) is 7.95. The van der Waals surface area contributed by atoms with Crippen LogP contribution in [0, 0.1) is 0 Å². The third kappa shape index (κ3) is 5.18. The van der Waals surface area contributed by atoms with Gasteiger partial charge >= 0.3 is 0 Å². The fourth-order valence-electron chi connectivity index (χ4n) is 7.95. The first-order chi connectivity index (χ1) is 24.1. The second kappa shape index (κ2) is 12.4. The van der Waals surface area contributed by atoms with E-state index in [9.17, 15) is 55.5 Å². The third-order valence-electron chi connectivity index (χ3n) is 10.2. The molecule has 10 atom stereocenters. The summed E-state index contributed by atoms with van der Waals surface area (Å²) >= 11 is 0. The van der Waals surface area contributed by atoms with E-state index in [1.807, 2.05) is 0 Å². The van der Waals surface area contributed by atoms with Crippen LogP contribution < -0.4 is 4.74 Å². The number of ether oxygens (including phenoxy) is 4.